The van der Waals surface area contributed by atoms with Crippen molar-refractivity contribution in [3.05, 3.63) is 81.5 Å². The zero-order valence-electron chi connectivity index (χ0n) is 17.8. The number of aliphatic hydroxyl groups is 1. The molecular weight excluding hydrogens is 394 g/mol. The lowest BCUT2D eigenvalue weighted by molar-refractivity contribution is 0.0632. The number of hydrogen-bond donors (Lipinski definition) is 3. The molecule has 0 unspecified atom stereocenters. The molecule has 0 bridgehead atoms. The zero-order chi connectivity index (χ0) is 21.6. The standard InChI is InChI=1S/C23H29N5O3/c1-27(15-22-24-23(30)26-25-22)12-19-8-4-5-9-21(19)31-16-20(29)14-28-11-10-17-6-2-3-7-18(17)13-28/h2-9,20,29H,10-16H2,1H3,(H2,24,25,26,30)/t20-/m0/s1. The van der Waals surface area contributed by atoms with Crippen LogP contribution in [0.4, 0.5) is 0 Å². The van der Waals surface area contributed by atoms with Crippen molar-refractivity contribution >= 4 is 0 Å². The highest BCUT2D eigenvalue weighted by Crippen LogP contribution is 2.21. The molecule has 1 atom stereocenters. The van der Waals surface area contributed by atoms with Gasteiger partial charge in [0, 0.05) is 31.7 Å². The highest BCUT2D eigenvalue weighted by Gasteiger charge is 2.19. The van der Waals surface area contributed by atoms with Crippen LogP contribution in [0.5, 0.6) is 5.75 Å². The maximum atomic E-state index is 11.2. The first-order chi connectivity index (χ1) is 15.1. The van der Waals surface area contributed by atoms with Crippen molar-refractivity contribution in [2.24, 2.45) is 0 Å². The van der Waals surface area contributed by atoms with E-state index in [0.29, 0.717) is 25.5 Å². The van der Waals surface area contributed by atoms with Crippen LogP contribution >= 0.6 is 0 Å². The van der Waals surface area contributed by atoms with Crippen LogP contribution in [-0.4, -0.2) is 62.9 Å². The lowest BCUT2D eigenvalue weighted by atomic mass is 10.00. The van der Waals surface area contributed by atoms with Crippen molar-refractivity contribution in [1.82, 2.24) is 25.0 Å². The molecule has 2 heterocycles. The van der Waals surface area contributed by atoms with Gasteiger partial charge in [0.1, 0.15) is 24.3 Å². The quantitative estimate of drug-likeness (QED) is 0.483. The highest BCUT2D eigenvalue weighted by molar-refractivity contribution is 5.33. The number of rotatable bonds is 9. The third-order valence-corrected chi connectivity index (χ3v) is 5.49. The number of aromatic nitrogens is 3. The molecule has 3 aromatic rings. The summed E-state index contributed by atoms with van der Waals surface area (Å²) < 4.78 is 5.98. The lowest BCUT2D eigenvalue weighted by Crippen LogP contribution is -2.38. The van der Waals surface area contributed by atoms with Crippen LogP contribution in [0, 0.1) is 0 Å². The molecule has 8 heteroatoms. The normalized spacial score (nSPS) is 15.1. The molecular formula is C23H29N5O3. The van der Waals surface area contributed by atoms with Gasteiger partial charge in [0.25, 0.3) is 0 Å². The first kappa shape index (κ1) is 21.3. The Hall–Kier alpha value is -2.94. The van der Waals surface area contributed by atoms with E-state index in [2.05, 4.69) is 44.3 Å². The van der Waals surface area contributed by atoms with Crippen LogP contribution in [0.15, 0.2) is 53.3 Å². The Bertz CT molecular complexity index is 1050. The van der Waals surface area contributed by atoms with E-state index in [0.717, 1.165) is 30.8 Å². The number of nitrogens with one attached hydrogen (secondary N) is 2. The highest BCUT2D eigenvalue weighted by atomic mass is 16.5. The molecule has 1 aliphatic rings. The molecule has 0 fully saturated rings. The molecule has 0 saturated carbocycles. The molecule has 1 aromatic heterocycles. The van der Waals surface area contributed by atoms with E-state index in [4.69, 9.17) is 4.74 Å². The lowest BCUT2D eigenvalue weighted by Gasteiger charge is -2.30. The number of benzene rings is 2. The minimum Gasteiger partial charge on any atom is -0.491 e. The first-order valence-electron chi connectivity index (χ1n) is 10.6. The molecule has 3 N–H and O–H groups in total. The van der Waals surface area contributed by atoms with Crippen LogP contribution in [0.3, 0.4) is 0 Å². The van der Waals surface area contributed by atoms with Gasteiger partial charge in [-0.1, -0.05) is 42.5 Å². The molecule has 0 spiro atoms. The van der Waals surface area contributed by atoms with E-state index in [9.17, 15) is 9.90 Å². The van der Waals surface area contributed by atoms with E-state index in [1.54, 1.807) is 0 Å². The van der Waals surface area contributed by atoms with Crippen molar-refractivity contribution in [1.29, 1.82) is 0 Å². The summed E-state index contributed by atoms with van der Waals surface area (Å²) in [6.07, 6.45) is 0.449. The number of aromatic amines is 2. The number of fused-ring (bicyclic) bond motifs is 1. The van der Waals surface area contributed by atoms with Gasteiger partial charge in [-0.15, -0.1) is 0 Å². The van der Waals surface area contributed by atoms with Gasteiger partial charge in [0.15, 0.2) is 0 Å². The SMILES string of the molecule is CN(Cc1n[nH]c(=O)[nH]1)Cc1ccccc1OC[C@@H](O)CN1CCc2ccccc2C1. The van der Waals surface area contributed by atoms with Gasteiger partial charge < -0.3 is 9.84 Å². The van der Waals surface area contributed by atoms with Crippen molar-refractivity contribution in [2.75, 3.05) is 26.7 Å². The number of aliphatic hydroxyl groups excluding tert-OH is 1. The van der Waals surface area contributed by atoms with Gasteiger partial charge in [-0.2, -0.15) is 5.10 Å². The van der Waals surface area contributed by atoms with Crippen LogP contribution < -0.4 is 10.4 Å². The van der Waals surface area contributed by atoms with Crippen LogP contribution in [-0.2, 0) is 26.1 Å². The first-order valence-corrected chi connectivity index (χ1v) is 10.6. The predicted octanol–water partition coefficient (Wildman–Crippen LogP) is 1.53. The Morgan fingerprint density at radius 2 is 1.94 bits per heavy atom. The van der Waals surface area contributed by atoms with Crippen molar-refractivity contribution < 1.29 is 9.84 Å². The molecule has 31 heavy (non-hydrogen) atoms. The fourth-order valence-electron chi connectivity index (χ4n) is 4.00. The van der Waals surface area contributed by atoms with Gasteiger partial charge in [-0.25, -0.2) is 9.89 Å². The number of hydrogen-bond acceptors (Lipinski definition) is 6. The Kier molecular flexibility index (Phi) is 6.81. The van der Waals surface area contributed by atoms with Gasteiger partial charge in [-0.05, 0) is 30.7 Å². The summed E-state index contributed by atoms with van der Waals surface area (Å²) in [6, 6.07) is 16.3. The van der Waals surface area contributed by atoms with Crippen molar-refractivity contribution in [3.63, 3.8) is 0 Å². The molecule has 0 radical (unpaired) electrons. The van der Waals surface area contributed by atoms with Crippen LogP contribution in [0.1, 0.15) is 22.5 Å². The molecule has 2 aromatic carbocycles. The Morgan fingerprint density at radius 1 is 1.16 bits per heavy atom. The molecule has 0 saturated heterocycles. The van der Waals surface area contributed by atoms with Crippen LogP contribution in [0.2, 0.25) is 0 Å². The molecule has 0 aliphatic carbocycles. The third kappa shape index (κ3) is 5.81. The molecule has 0 amide bonds. The largest absolute Gasteiger partial charge is 0.491 e. The maximum Gasteiger partial charge on any atom is 0.340 e. The smallest absolute Gasteiger partial charge is 0.340 e. The fourth-order valence-corrected chi connectivity index (χ4v) is 4.00. The Balaban J connectivity index is 1.29. The summed E-state index contributed by atoms with van der Waals surface area (Å²) in [5.41, 5.74) is 3.45. The molecule has 4 rings (SSSR count). The minimum absolute atomic E-state index is 0.242. The van der Waals surface area contributed by atoms with E-state index in [-0.39, 0.29) is 12.3 Å². The molecule has 8 nitrogen and oxygen atoms in total. The third-order valence-electron chi connectivity index (χ3n) is 5.49. The van der Waals surface area contributed by atoms with Crippen molar-refractivity contribution in [2.45, 2.75) is 32.2 Å². The molecule has 1 aliphatic heterocycles. The summed E-state index contributed by atoms with van der Waals surface area (Å²) in [4.78, 5) is 18.2. The zero-order valence-corrected chi connectivity index (χ0v) is 17.8. The van der Waals surface area contributed by atoms with Gasteiger partial charge in [-0.3, -0.25) is 14.8 Å². The summed E-state index contributed by atoms with van der Waals surface area (Å²) >= 11 is 0. The van der Waals surface area contributed by atoms with E-state index < -0.39 is 6.10 Å². The topological polar surface area (TPSA) is 97.5 Å². The second-order valence-corrected chi connectivity index (χ2v) is 8.12. The average Bonchev–Trinajstić information content (AvgIpc) is 3.17. The maximum absolute atomic E-state index is 11.2. The number of ether oxygens (including phenoxy) is 1. The molecule has 164 valence electrons. The second kappa shape index (κ2) is 9.91. The number of H-pyrrole nitrogens is 2. The Morgan fingerprint density at radius 3 is 2.74 bits per heavy atom. The van der Waals surface area contributed by atoms with Gasteiger partial charge in [0.05, 0.1) is 6.54 Å². The summed E-state index contributed by atoms with van der Waals surface area (Å²) in [7, 11) is 1.95. The summed E-state index contributed by atoms with van der Waals surface area (Å²) in [6.45, 7) is 3.78. The van der Waals surface area contributed by atoms with Crippen molar-refractivity contribution in [3.8, 4) is 5.75 Å². The monoisotopic (exact) mass is 423 g/mol. The Labute approximate surface area is 181 Å². The van der Waals surface area contributed by atoms with Gasteiger partial charge in [0.2, 0.25) is 0 Å². The van der Waals surface area contributed by atoms with E-state index in [1.165, 1.54) is 11.1 Å². The number of nitrogens with zero attached hydrogens (tertiary/aromatic N) is 3. The number of β-amino-alcohol motifs (C(OH)–C–C–N with tert-alkyl or cyclic N) is 1. The van der Waals surface area contributed by atoms with E-state index in [1.807, 2.05) is 36.2 Å². The van der Waals surface area contributed by atoms with Crippen LogP contribution in [0.25, 0.3) is 0 Å². The second-order valence-electron chi connectivity index (χ2n) is 8.12. The average molecular weight is 424 g/mol. The minimum atomic E-state index is -0.565. The predicted molar refractivity (Wildman–Crippen MR) is 118 cm³/mol. The summed E-state index contributed by atoms with van der Waals surface area (Å²) in [5.74, 6) is 1.34. The van der Waals surface area contributed by atoms with E-state index >= 15 is 0 Å². The van der Waals surface area contributed by atoms with Gasteiger partial charge >= 0.3 is 5.69 Å². The fraction of sp³-hybridized carbons (Fsp3) is 0.391. The number of para-hydroxylation sites is 1. The summed E-state index contributed by atoms with van der Waals surface area (Å²) in [5, 5.41) is 16.9.